The minimum absolute atomic E-state index is 0.0203. The number of hydrogen-bond donors (Lipinski definition) is 2. The molecule has 0 spiro atoms. The number of aromatic hydroxyl groups is 1. The van der Waals surface area contributed by atoms with Crippen LogP contribution in [0, 0.1) is 5.92 Å². The summed E-state index contributed by atoms with van der Waals surface area (Å²) in [5, 5.41) is 19.8. The summed E-state index contributed by atoms with van der Waals surface area (Å²) in [6, 6.07) is 12.4. The summed E-state index contributed by atoms with van der Waals surface area (Å²) < 4.78 is 11.5. The maximum Gasteiger partial charge on any atom is 0.154 e. The molecule has 1 saturated carbocycles. The van der Waals surface area contributed by atoms with Crippen molar-refractivity contribution in [1.82, 2.24) is 15.1 Å². The van der Waals surface area contributed by atoms with Crippen LogP contribution in [-0.2, 0) is 10.8 Å². The molecule has 1 aromatic heterocycles. The van der Waals surface area contributed by atoms with Crippen LogP contribution in [0.15, 0.2) is 47.4 Å². The quantitative estimate of drug-likeness (QED) is 0.634. The van der Waals surface area contributed by atoms with Crippen molar-refractivity contribution in [3.8, 4) is 17.0 Å². The Morgan fingerprint density at radius 2 is 1.77 bits per heavy atom. The van der Waals surface area contributed by atoms with Gasteiger partial charge in [0.2, 0.25) is 0 Å². The molecule has 6 nitrogen and oxygen atoms in total. The third-order valence-corrected chi connectivity index (χ3v) is 6.85. The first kappa shape index (κ1) is 21.7. The summed E-state index contributed by atoms with van der Waals surface area (Å²) in [4.78, 5) is 3.21. The molecular weight excluding hydrogens is 408 g/mol. The molecule has 1 aliphatic heterocycles. The topological polar surface area (TPSA) is 92.3 Å². The van der Waals surface area contributed by atoms with Crippen molar-refractivity contribution in [2.24, 2.45) is 5.92 Å². The van der Waals surface area contributed by atoms with E-state index in [1.807, 2.05) is 24.3 Å². The number of fused-ring (bicyclic) bond motifs is 1. The van der Waals surface area contributed by atoms with E-state index in [-0.39, 0.29) is 5.75 Å². The molecule has 5 rings (SSSR count). The second kappa shape index (κ2) is 9.75. The summed E-state index contributed by atoms with van der Waals surface area (Å²) in [5.74, 6) is 1.46. The zero-order valence-electron chi connectivity index (χ0n) is 18.0. The van der Waals surface area contributed by atoms with Crippen LogP contribution >= 0.6 is 0 Å². The fraction of sp³-hybridized carbons (Fsp3) is 0.417. The molecule has 2 aliphatic rings. The van der Waals surface area contributed by atoms with Crippen molar-refractivity contribution < 1.29 is 9.32 Å². The number of benzene rings is 2. The van der Waals surface area contributed by atoms with Gasteiger partial charge in [0, 0.05) is 44.8 Å². The van der Waals surface area contributed by atoms with Crippen LogP contribution in [0.5, 0.6) is 5.75 Å². The van der Waals surface area contributed by atoms with Gasteiger partial charge in [-0.25, -0.2) is 0 Å². The van der Waals surface area contributed by atoms with Crippen molar-refractivity contribution in [2.45, 2.75) is 37.0 Å². The van der Waals surface area contributed by atoms with Gasteiger partial charge in [-0.15, -0.1) is 10.2 Å². The lowest BCUT2D eigenvalue weighted by atomic mass is 10.0. The highest BCUT2D eigenvalue weighted by Gasteiger charge is 2.24. The summed E-state index contributed by atoms with van der Waals surface area (Å²) in [6.45, 7) is 4.19. The number of nitrogen functional groups attached to an aromatic ring is 1. The first-order valence-corrected chi connectivity index (χ1v) is 12.5. The number of anilines is 1. The van der Waals surface area contributed by atoms with E-state index in [1.165, 1.54) is 57.8 Å². The Kier molecular flexibility index (Phi) is 6.83. The number of phenols is 1. The lowest BCUT2D eigenvalue weighted by Gasteiger charge is -2.26. The van der Waals surface area contributed by atoms with E-state index in [9.17, 15) is 9.32 Å². The molecule has 2 fully saturated rings. The van der Waals surface area contributed by atoms with Gasteiger partial charge in [-0.2, -0.15) is 0 Å². The van der Waals surface area contributed by atoms with Gasteiger partial charge in [-0.05, 0) is 62.9 Å². The van der Waals surface area contributed by atoms with E-state index < -0.39 is 10.8 Å². The molecule has 7 heteroatoms. The smallest absolute Gasteiger partial charge is 0.154 e. The summed E-state index contributed by atoms with van der Waals surface area (Å²) in [5.41, 5.74) is 6.91. The first-order valence-electron chi connectivity index (χ1n) is 10.9. The highest BCUT2D eigenvalue weighted by atomic mass is 32.2. The number of nitrogens with two attached hydrogens (primary N) is 1. The number of likely N-dealkylation sites (tertiary alicyclic amines) is 1. The molecule has 31 heavy (non-hydrogen) atoms. The summed E-state index contributed by atoms with van der Waals surface area (Å²) in [6.07, 6.45) is 8.96. The van der Waals surface area contributed by atoms with Gasteiger partial charge in [-0.1, -0.05) is 30.7 Å². The van der Waals surface area contributed by atoms with Gasteiger partial charge in [0.05, 0.1) is 0 Å². The van der Waals surface area contributed by atoms with E-state index in [0.29, 0.717) is 22.0 Å². The lowest BCUT2D eigenvalue weighted by Crippen LogP contribution is -2.31. The van der Waals surface area contributed by atoms with E-state index in [2.05, 4.69) is 15.1 Å². The van der Waals surface area contributed by atoms with Crippen molar-refractivity contribution in [2.75, 3.05) is 31.6 Å². The molecule has 164 valence electrons. The molecule has 0 bridgehead atoms. The van der Waals surface area contributed by atoms with Crippen molar-refractivity contribution in [3.05, 3.63) is 42.5 Å². The van der Waals surface area contributed by atoms with Crippen LogP contribution < -0.4 is 5.73 Å². The third-order valence-electron chi connectivity index (χ3n) is 5.93. The van der Waals surface area contributed by atoms with Crippen LogP contribution in [0.4, 0.5) is 5.82 Å². The molecule has 3 N–H and O–H groups in total. The summed E-state index contributed by atoms with van der Waals surface area (Å²) >= 11 is 0. The molecule has 1 aliphatic carbocycles. The molecule has 3 aromatic rings. The fourth-order valence-corrected chi connectivity index (χ4v) is 4.56. The minimum Gasteiger partial charge on any atom is -0.507 e. The maximum atomic E-state index is 11.5. The van der Waals surface area contributed by atoms with Crippen LogP contribution in [0.3, 0.4) is 0 Å². The zero-order chi connectivity index (χ0) is 21.8. The molecule has 1 atom stereocenters. The van der Waals surface area contributed by atoms with Gasteiger partial charge in [0.25, 0.3) is 0 Å². The molecule has 1 unspecified atom stereocenters. The second-order valence-corrected chi connectivity index (χ2v) is 9.80. The molecule has 0 amide bonds. The van der Waals surface area contributed by atoms with Crippen LogP contribution in [0.25, 0.3) is 22.0 Å². The second-order valence-electron chi connectivity index (χ2n) is 8.42. The predicted octanol–water partition coefficient (Wildman–Crippen LogP) is 4.20. The molecule has 2 aromatic carbocycles. The Labute approximate surface area is 185 Å². The van der Waals surface area contributed by atoms with E-state index >= 15 is 0 Å². The Morgan fingerprint density at radius 1 is 1.06 bits per heavy atom. The average Bonchev–Trinajstić information content (AvgIpc) is 3.60. The molecule has 0 radical (unpaired) electrons. The van der Waals surface area contributed by atoms with Crippen molar-refractivity contribution in [3.63, 3.8) is 0 Å². The fourth-order valence-electron chi connectivity index (χ4n) is 4.02. The largest absolute Gasteiger partial charge is 0.507 e. The average molecular weight is 439 g/mol. The number of rotatable bonds is 4. The van der Waals surface area contributed by atoms with Gasteiger partial charge >= 0.3 is 0 Å². The summed E-state index contributed by atoms with van der Waals surface area (Å²) in [7, 11) is -1.15. The lowest BCUT2D eigenvalue weighted by molar-refractivity contribution is 0.220. The molecular formula is C24H30N4O2S. The highest BCUT2D eigenvalue weighted by molar-refractivity contribution is 7.84. The normalized spacial score (nSPS) is 17.7. The van der Waals surface area contributed by atoms with Crippen molar-refractivity contribution >= 4 is 27.4 Å². The Balaban J connectivity index is 0.000000192. The Hall–Kier alpha value is -2.51. The number of piperidine rings is 1. The SMILES string of the molecule is C1CCN(CC2CC2)CC1.CS(=O)c1ccc(-c2nnc(N)c3ccccc23)c(O)c1. The Morgan fingerprint density at radius 3 is 2.42 bits per heavy atom. The van der Waals surface area contributed by atoms with Gasteiger partial charge in [0.1, 0.15) is 11.4 Å². The Bertz CT molecular complexity index is 1080. The van der Waals surface area contributed by atoms with Crippen molar-refractivity contribution in [1.29, 1.82) is 0 Å². The zero-order valence-corrected chi connectivity index (χ0v) is 18.8. The van der Waals surface area contributed by atoms with Crippen LogP contribution in [-0.4, -0.2) is 50.3 Å². The van der Waals surface area contributed by atoms with Crippen LogP contribution in [0.2, 0.25) is 0 Å². The minimum atomic E-state index is -1.15. The molecule has 2 heterocycles. The van der Waals surface area contributed by atoms with E-state index in [4.69, 9.17) is 5.73 Å². The number of aromatic nitrogens is 2. The van der Waals surface area contributed by atoms with E-state index in [1.54, 1.807) is 18.4 Å². The van der Waals surface area contributed by atoms with Crippen LogP contribution in [0.1, 0.15) is 32.1 Å². The number of phenolic OH excluding ortho intramolecular Hbond substituents is 1. The standard InChI is InChI=1S/C15H13N3O2S.C9H17N/c1-21(20)9-6-7-12(13(19)8-9)14-10-4-2-3-5-11(10)15(16)18-17-14;1-2-6-10(7-3-1)8-9-4-5-9/h2-8,19H,1H3,(H2,16,18);9H,1-8H2. The third kappa shape index (κ3) is 5.40. The van der Waals surface area contributed by atoms with E-state index in [0.717, 1.165) is 16.7 Å². The van der Waals surface area contributed by atoms with Gasteiger partial charge < -0.3 is 15.7 Å². The maximum absolute atomic E-state index is 11.5. The predicted molar refractivity (Wildman–Crippen MR) is 126 cm³/mol. The van der Waals surface area contributed by atoms with Gasteiger partial charge in [0.15, 0.2) is 5.82 Å². The number of hydrogen-bond acceptors (Lipinski definition) is 6. The van der Waals surface area contributed by atoms with Gasteiger partial charge in [-0.3, -0.25) is 4.21 Å². The monoisotopic (exact) mass is 438 g/mol. The number of nitrogens with zero attached hydrogens (tertiary/aromatic N) is 3. The highest BCUT2D eigenvalue weighted by Crippen LogP contribution is 2.34. The first-order chi connectivity index (χ1) is 15.0. The molecule has 1 saturated heterocycles.